The molecule has 0 spiro atoms. The molecule has 142 valence electrons. The van der Waals surface area contributed by atoms with Crippen LogP contribution in [0, 0.1) is 0 Å². The molecule has 0 aliphatic heterocycles. The molecule has 0 aliphatic carbocycles. The van der Waals surface area contributed by atoms with E-state index in [9.17, 15) is 10.2 Å². The van der Waals surface area contributed by atoms with Crippen LogP contribution in [-0.2, 0) is 12.8 Å². The fourth-order valence-corrected chi connectivity index (χ4v) is 3.50. The number of aryl methyl sites for hydroxylation is 2. The molecule has 2 aromatic rings. The molecule has 0 saturated carbocycles. The smallest absolute Gasteiger partial charge is 0.0436 e. The van der Waals surface area contributed by atoms with Gasteiger partial charge >= 0.3 is 0 Å². The van der Waals surface area contributed by atoms with Crippen molar-refractivity contribution >= 4 is 5.69 Å². The fourth-order valence-electron chi connectivity index (χ4n) is 3.50. The molecular weight excluding hydrogens is 322 g/mol. The molecule has 0 heterocycles. The lowest BCUT2D eigenvalue weighted by atomic mass is 9.92. The number of hydrogen-bond acceptors (Lipinski definition) is 3. The summed E-state index contributed by atoms with van der Waals surface area (Å²) in [6, 6.07) is 17.6. The largest absolute Gasteiger partial charge is 0.396 e. The van der Waals surface area contributed by atoms with E-state index >= 15 is 0 Å². The SMILES string of the molecule is CCN(CC)c1ccc(CCc2ccc(C(CCO)CCO)cc2)cc1. The Labute approximate surface area is 158 Å². The molecule has 3 nitrogen and oxygen atoms in total. The van der Waals surface area contributed by atoms with Crippen molar-refractivity contribution in [1.82, 2.24) is 0 Å². The monoisotopic (exact) mass is 355 g/mol. The van der Waals surface area contributed by atoms with E-state index in [4.69, 9.17) is 0 Å². The maximum absolute atomic E-state index is 9.19. The number of aliphatic hydroxyl groups is 2. The van der Waals surface area contributed by atoms with Crippen LogP contribution in [0.4, 0.5) is 5.69 Å². The van der Waals surface area contributed by atoms with Crippen LogP contribution in [0.25, 0.3) is 0 Å². The van der Waals surface area contributed by atoms with Crippen LogP contribution in [0.2, 0.25) is 0 Å². The van der Waals surface area contributed by atoms with E-state index in [2.05, 4.69) is 67.3 Å². The first kappa shape index (κ1) is 20.5. The minimum absolute atomic E-state index is 0.163. The number of nitrogens with zero attached hydrogens (tertiary/aromatic N) is 1. The van der Waals surface area contributed by atoms with E-state index < -0.39 is 0 Å². The number of rotatable bonds is 11. The van der Waals surface area contributed by atoms with Gasteiger partial charge in [0.1, 0.15) is 0 Å². The Kier molecular flexibility index (Phi) is 8.66. The molecule has 2 aromatic carbocycles. The first-order chi connectivity index (χ1) is 12.7. The predicted octanol–water partition coefficient (Wildman–Crippen LogP) is 4.17. The molecule has 3 heteroatoms. The molecule has 0 fully saturated rings. The zero-order valence-corrected chi connectivity index (χ0v) is 16.2. The van der Waals surface area contributed by atoms with Crippen LogP contribution in [0.3, 0.4) is 0 Å². The maximum Gasteiger partial charge on any atom is 0.0436 e. The van der Waals surface area contributed by atoms with Crippen molar-refractivity contribution in [2.45, 2.75) is 45.4 Å². The van der Waals surface area contributed by atoms with Gasteiger partial charge in [-0.2, -0.15) is 0 Å². The van der Waals surface area contributed by atoms with Gasteiger partial charge in [0.25, 0.3) is 0 Å². The summed E-state index contributed by atoms with van der Waals surface area (Å²) in [6.07, 6.45) is 3.47. The minimum Gasteiger partial charge on any atom is -0.396 e. The molecule has 0 aliphatic rings. The van der Waals surface area contributed by atoms with E-state index in [1.54, 1.807) is 0 Å². The summed E-state index contributed by atoms with van der Waals surface area (Å²) in [5.74, 6) is 0.242. The van der Waals surface area contributed by atoms with Crippen LogP contribution >= 0.6 is 0 Å². The first-order valence-electron chi connectivity index (χ1n) is 9.86. The second-order valence-corrected chi connectivity index (χ2v) is 6.80. The molecule has 0 atom stereocenters. The highest BCUT2D eigenvalue weighted by molar-refractivity contribution is 5.47. The van der Waals surface area contributed by atoms with Crippen molar-refractivity contribution in [2.75, 3.05) is 31.2 Å². The van der Waals surface area contributed by atoms with Crippen LogP contribution in [0.15, 0.2) is 48.5 Å². The van der Waals surface area contributed by atoms with Crippen molar-refractivity contribution in [3.8, 4) is 0 Å². The summed E-state index contributed by atoms with van der Waals surface area (Å²) in [7, 11) is 0. The Hall–Kier alpha value is -1.84. The van der Waals surface area contributed by atoms with Gasteiger partial charge in [-0.15, -0.1) is 0 Å². The highest BCUT2D eigenvalue weighted by atomic mass is 16.3. The summed E-state index contributed by atoms with van der Waals surface area (Å²) >= 11 is 0. The molecule has 2 N–H and O–H groups in total. The number of hydrogen-bond donors (Lipinski definition) is 2. The molecular formula is C23H33NO2. The average molecular weight is 356 g/mol. The molecule has 0 amide bonds. The lowest BCUT2D eigenvalue weighted by Crippen LogP contribution is -2.21. The van der Waals surface area contributed by atoms with Gasteiger partial charge in [-0.25, -0.2) is 0 Å². The third-order valence-electron chi connectivity index (χ3n) is 5.17. The Bertz CT molecular complexity index is 612. The summed E-state index contributed by atoms with van der Waals surface area (Å²) in [5, 5.41) is 18.4. The van der Waals surface area contributed by atoms with Crippen LogP contribution in [-0.4, -0.2) is 36.5 Å². The van der Waals surface area contributed by atoms with Gasteiger partial charge in [0.05, 0.1) is 0 Å². The highest BCUT2D eigenvalue weighted by Gasteiger charge is 2.10. The van der Waals surface area contributed by atoms with E-state index in [-0.39, 0.29) is 19.1 Å². The Balaban J connectivity index is 1.93. The first-order valence-corrected chi connectivity index (χ1v) is 9.86. The van der Waals surface area contributed by atoms with Crippen molar-refractivity contribution in [3.05, 3.63) is 65.2 Å². The third kappa shape index (κ3) is 5.86. The van der Waals surface area contributed by atoms with Gasteiger partial charge in [0.2, 0.25) is 0 Å². The van der Waals surface area contributed by atoms with Crippen molar-refractivity contribution < 1.29 is 10.2 Å². The lowest BCUT2D eigenvalue weighted by Gasteiger charge is -2.21. The second kappa shape index (κ2) is 11.0. The molecule has 0 bridgehead atoms. The topological polar surface area (TPSA) is 43.7 Å². The van der Waals surface area contributed by atoms with E-state index in [0.717, 1.165) is 25.9 Å². The van der Waals surface area contributed by atoms with Crippen molar-refractivity contribution in [1.29, 1.82) is 0 Å². The summed E-state index contributed by atoms with van der Waals surface area (Å²) < 4.78 is 0. The normalized spacial score (nSPS) is 11.1. The highest BCUT2D eigenvalue weighted by Crippen LogP contribution is 2.24. The molecule has 0 aromatic heterocycles. The fraction of sp³-hybridized carbons (Fsp3) is 0.478. The van der Waals surface area contributed by atoms with E-state index in [1.807, 2.05) is 0 Å². The van der Waals surface area contributed by atoms with Gasteiger partial charge in [-0.1, -0.05) is 36.4 Å². The minimum atomic E-state index is 0.163. The van der Waals surface area contributed by atoms with E-state index in [0.29, 0.717) is 12.8 Å². The van der Waals surface area contributed by atoms with Gasteiger partial charge in [-0.05, 0) is 74.3 Å². The average Bonchev–Trinajstić information content (AvgIpc) is 2.68. The van der Waals surface area contributed by atoms with Gasteiger partial charge in [0, 0.05) is 32.0 Å². The summed E-state index contributed by atoms with van der Waals surface area (Å²) in [4.78, 5) is 2.36. The van der Waals surface area contributed by atoms with Crippen LogP contribution < -0.4 is 4.90 Å². The van der Waals surface area contributed by atoms with Gasteiger partial charge in [-0.3, -0.25) is 0 Å². The molecule has 26 heavy (non-hydrogen) atoms. The second-order valence-electron chi connectivity index (χ2n) is 6.80. The summed E-state index contributed by atoms with van der Waals surface area (Å²) in [5.41, 5.74) is 5.19. The van der Waals surface area contributed by atoms with E-state index in [1.165, 1.54) is 22.4 Å². The van der Waals surface area contributed by atoms with Crippen LogP contribution in [0.5, 0.6) is 0 Å². The number of aliphatic hydroxyl groups excluding tert-OH is 2. The molecule has 0 saturated heterocycles. The maximum atomic E-state index is 9.19. The molecule has 0 unspecified atom stereocenters. The molecule has 2 rings (SSSR count). The Morgan fingerprint density at radius 3 is 1.62 bits per heavy atom. The van der Waals surface area contributed by atoms with Crippen molar-refractivity contribution in [3.63, 3.8) is 0 Å². The number of benzene rings is 2. The predicted molar refractivity (Wildman–Crippen MR) is 110 cm³/mol. The summed E-state index contributed by atoms with van der Waals surface area (Å²) in [6.45, 7) is 6.77. The van der Waals surface area contributed by atoms with Crippen LogP contribution in [0.1, 0.15) is 49.3 Å². The molecule has 0 radical (unpaired) electrons. The standard InChI is InChI=1S/C23H33NO2/c1-3-24(4-2)23-13-9-20(10-14-23)6-5-19-7-11-21(12-8-19)22(15-17-25)16-18-26/h7-14,22,25-26H,3-6,15-18H2,1-2H3. The third-order valence-corrected chi connectivity index (χ3v) is 5.17. The van der Waals surface area contributed by atoms with Gasteiger partial charge < -0.3 is 15.1 Å². The Morgan fingerprint density at radius 2 is 1.19 bits per heavy atom. The lowest BCUT2D eigenvalue weighted by molar-refractivity contribution is 0.242. The number of anilines is 1. The van der Waals surface area contributed by atoms with Crippen molar-refractivity contribution in [2.24, 2.45) is 0 Å². The van der Waals surface area contributed by atoms with Gasteiger partial charge in [0.15, 0.2) is 0 Å². The Morgan fingerprint density at radius 1 is 0.731 bits per heavy atom. The zero-order chi connectivity index (χ0) is 18.8. The zero-order valence-electron chi connectivity index (χ0n) is 16.2. The quantitative estimate of drug-likeness (QED) is 0.636.